The quantitative estimate of drug-likeness (QED) is 0.0958. The summed E-state index contributed by atoms with van der Waals surface area (Å²) in [5.41, 5.74) is 2.02. The minimum absolute atomic E-state index is 0.000994. The van der Waals surface area contributed by atoms with Gasteiger partial charge in [-0.25, -0.2) is 0 Å². The van der Waals surface area contributed by atoms with Gasteiger partial charge < -0.3 is 37.9 Å². The zero-order valence-electron chi connectivity index (χ0n) is 30.0. The average Bonchev–Trinajstić information content (AvgIpc) is 3.05. The third kappa shape index (κ3) is 10.3. The SMILES string of the molecule is CC(=O)Oc1cc(/C=C/c2ccc3c(c2)O[C@H](c2cc(OC(C)=O)cc(OC(C)=O)c2)[C@@H](c2ccc(OC(C)=O)c(OC(C)=O)c2)O3)cc(OC(C)=O)c1. The van der Waals surface area contributed by atoms with Crippen LogP contribution in [0.15, 0.2) is 72.8 Å². The van der Waals surface area contributed by atoms with E-state index in [1.54, 1.807) is 48.6 Å². The van der Waals surface area contributed by atoms with Gasteiger partial charge in [0.25, 0.3) is 0 Å². The molecule has 0 aromatic heterocycles. The number of fused-ring (bicyclic) bond motifs is 1. The van der Waals surface area contributed by atoms with Crippen LogP contribution in [0, 0.1) is 0 Å². The minimum Gasteiger partial charge on any atom is -0.478 e. The van der Waals surface area contributed by atoms with Crippen molar-refractivity contribution in [2.24, 2.45) is 0 Å². The van der Waals surface area contributed by atoms with Crippen molar-refractivity contribution in [1.29, 1.82) is 0 Å². The second-order valence-electron chi connectivity index (χ2n) is 11.9. The lowest BCUT2D eigenvalue weighted by Crippen LogP contribution is -2.27. The van der Waals surface area contributed by atoms with Gasteiger partial charge in [-0.2, -0.15) is 0 Å². The van der Waals surface area contributed by atoms with Crippen molar-refractivity contribution < 1.29 is 66.7 Å². The Labute approximate surface area is 309 Å². The molecule has 0 saturated carbocycles. The highest BCUT2D eigenvalue weighted by Crippen LogP contribution is 2.48. The van der Waals surface area contributed by atoms with Crippen molar-refractivity contribution in [3.8, 4) is 46.0 Å². The Morgan fingerprint density at radius 2 is 0.870 bits per heavy atom. The molecule has 0 unspecified atom stereocenters. The van der Waals surface area contributed by atoms with E-state index in [4.69, 9.17) is 37.9 Å². The summed E-state index contributed by atoms with van der Waals surface area (Å²) in [4.78, 5) is 70.8. The van der Waals surface area contributed by atoms with Crippen molar-refractivity contribution >= 4 is 48.0 Å². The molecule has 1 aliphatic rings. The summed E-state index contributed by atoms with van der Waals surface area (Å²) in [6.45, 7) is 7.34. The first-order chi connectivity index (χ1) is 25.6. The van der Waals surface area contributed by atoms with E-state index in [-0.39, 0.29) is 34.5 Å². The number of hydrogen-bond donors (Lipinski definition) is 0. The highest BCUT2D eigenvalue weighted by Gasteiger charge is 2.36. The topological polar surface area (TPSA) is 176 Å². The molecule has 1 heterocycles. The van der Waals surface area contributed by atoms with Gasteiger partial charge >= 0.3 is 35.8 Å². The lowest BCUT2D eigenvalue weighted by molar-refractivity contribution is -0.134. The van der Waals surface area contributed by atoms with Gasteiger partial charge in [-0.15, -0.1) is 0 Å². The first kappa shape index (κ1) is 38.3. The molecule has 4 aromatic rings. The fraction of sp³-hybridized carbons (Fsp3) is 0.200. The molecule has 0 bridgehead atoms. The number of esters is 6. The molecule has 0 fully saturated rings. The number of carbonyl (C=O) groups is 6. The molecule has 4 aromatic carbocycles. The van der Waals surface area contributed by atoms with Gasteiger partial charge in [0.1, 0.15) is 23.0 Å². The third-order valence-electron chi connectivity index (χ3n) is 7.20. The Morgan fingerprint density at radius 3 is 1.39 bits per heavy atom. The normalized spacial score (nSPS) is 14.4. The second kappa shape index (κ2) is 16.6. The van der Waals surface area contributed by atoms with E-state index in [9.17, 15) is 28.8 Å². The van der Waals surface area contributed by atoms with Crippen LogP contribution in [0.1, 0.15) is 76.0 Å². The number of carbonyl (C=O) groups excluding carboxylic acids is 6. The second-order valence-corrected chi connectivity index (χ2v) is 11.9. The zero-order valence-corrected chi connectivity index (χ0v) is 30.0. The molecule has 0 radical (unpaired) electrons. The van der Waals surface area contributed by atoms with Crippen LogP contribution < -0.4 is 37.9 Å². The minimum atomic E-state index is -1.00. The number of hydrogen-bond acceptors (Lipinski definition) is 14. The van der Waals surface area contributed by atoms with Gasteiger partial charge in [0.15, 0.2) is 35.2 Å². The fourth-order valence-electron chi connectivity index (χ4n) is 5.42. The standard InChI is InChI=1S/C40H34O14/c1-21(41)47-31-13-28(14-32(19-31)48-22(2)42)8-7-27-9-11-36-37(15-27)54-40(30-16-33(49-23(3)43)20-34(17-30)50-24(4)44)39(53-36)29-10-12-35(51-25(5)45)38(18-29)52-26(6)46/h7-20,39-40H,1-6H3/b8-7+/t39-,40-/m1/s1. The maximum Gasteiger partial charge on any atom is 0.308 e. The lowest BCUT2D eigenvalue weighted by atomic mass is 9.95. The molecule has 54 heavy (non-hydrogen) atoms. The van der Waals surface area contributed by atoms with Crippen LogP contribution in [0.25, 0.3) is 12.2 Å². The Balaban J connectivity index is 1.59. The van der Waals surface area contributed by atoms with Crippen LogP contribution in [0.2, 0.25) is 0 Å². The summed E-state index contributed by atoms with van der Waals surface area (Å²) < 4.78 is 44.8. The van der Waals surface area contributed by atoms with Crippen molar-refractivity contribution in [3.63, 3.8) is 0 Å². The molecule has 14 heteroatoms. The van der Waals surface area contributed by atoms with Gasteiger partial charge in [-0.1, -0.05) is 24.3 Å². The van der Waals surface area contributed by atoms with Crippen molar-refractivity contribution in [2.75, 3.05) is 0 Å². The summed E-state index contributed by atoms with van der Waals surface area (Å²) in [6, 6.07) is 18.7. The van der Waals surface area contributed by atoms with E-state index in [0.717, 1.165) is 0 Å². The van der Waals surface area contributed by atoms with E-state index in [2.05, 4.69) is 0 Å². The molecular formula is C40H34O14. The molecule has 2 atom stereocenters. The van der Waals surface area contributed by atoms with Gasteiger partial charge in [-0.3, -0.25) is 28.8 Å². The maximum absolute atomic E-state index is 12.0. The summed E-state index contributed by atoms with van der Waals surface area (Å²) in [6.07, 6.45) is 1.49. The molecule has 0 amide bonds. The number of rotatable bonds is 10. The Morgan fingerprint density at radius 1 is 0.426 bits per heavy atom. The van der Waals surface area contributed by atoms with Crippen molar-refractivity contribution in [2.45, 2.75) is 53.8 Å². The van der Waals surface area contributed by atoms with Crippen LogP contribution in [0.4, 0.5) is 0 Å². The van der Waals surface area contributed by atoms with E-state index < -0.39 is 48.0 Å². The summed E-state index contributed by atoms with van der Waals surface area (Å²) in [5.74, 6) is -2.56. The highest BCUT2D eigenvalue weighted by atomic mass is 16.6. The molecular weight excluding hydrogens is 704 g/mol. The first-order valence-electron chi connectivity index (χ1n) is 16.3. The zero-order chi connectivity index (χ0) is 39.1. The van der Waals surface area contributed by atoms with Gasteiger partial charge in [0.05, 0.1) is 0 Å². The van der Waals surface area contributed by atoms with E-state index >= 15 is 0 Å². The predicted octanol–water partition coefficient (Wildman–Crippen LogP) is 6.66. The summed E-state index contributed by atoms with van der Waals surface area (Å²) in [5, 5.41) is 0. The van der Waals surface area contributed by atoms with E-state index in [0.29, 0.717) is 33.8 Å². The third-order valence-corrected chi connectivity index (χ3v) is 7.20. The lowest BCUT2D eigenvalue weighted by Gasteiger charge is -2.35. The van der Waals surface area contributed by atoms with Gasteiger partial charge in [0, 0.05) is 64.8 Å². The predicted molar refractivity (Wildman–Crippen MR) is 189 cm³/mol. The Kier molecular flexibility index (Phi) is 11.8. The first-order valence-corrected chi connectivity index (χ1v) is 16.3. The molecule has 278 valence electrons. The van der Waals surface area contributed by atoms with Crippen LogP contribution >= 0.6 is 0 Å². The Hall–Kier alpha value is -6.96. The summed E-state index contributed by atoms with van der Waals surface area (Å²) >= 11 is 0. The van der Waals surface area contributed by atoms with Crippen molar-refractivity contribution in [3.05, 3.63) is 95.1 Å². The van der Waals surface area contributed by atoms with E-state index in [1.807, 2.05) is 0 Å². The van der Waals surface area contributed by atoms with E-state index in [1.165, 1.54) is 77.9 Å². The smallest absolute Gasteiger partial charge is 0.308 e. The molecule has 0 N–H and O–H groups in total. The molecule has 0 aliphatic carbocycles. The van der Waals surface area contributed by atoms with Gasteiger partial charge in [0.2, 0.25) is 0 Å². The molecule has 1 aliphatic heterocycles. The maximum atomic E-state index is 12.0. The number of ether oxygens (including phenoxy) is 8. The number of benzene rings is 4. The van der Waals surface area contributed by atoms with Crippen molar-refractivity contribution in [1.82, 2.24) is 0 Å². The monoisotopic (exact) mass is 738 g/mol. The molecule has 0 saturated heterocycles. The fourth-order valence-corrected chi connectivity index (χ4v) is 5.42. The molecule has 5 rings (SSSR count). The molecule has 0 spiro atoms. The molecule has 14 nitrogen and oxygen atoms in total. The largest absolute Gasteiger partial charge is 0.478 e. The highest BCUT2D eigenvalue weighted by molar-refractivity contribution is 5.77. The van der Waals surface area contributed by atoms with Gasteiger partial charge in [-0.05, 0) is 59.7 Å². The van der Waals surface area contributed by atoms with Crippen LogP contribution in [-0.2, 0) is 28.8 Å². The van der Waals surface area contributed by atoms with Crippen LogP contribution in [0.5, 0.6) is 46.0 Å². The van der Waals surface area contributed by atoms with Crippen LogP contribution in [-0.4, -0.2) is 35.8 Å². The van der Waals surface area contributed by atoms with Crippen LogP contribution in [0.3, 0.4) is 0 Å². The Bertz CT molecular complexity index is 2110. The average molecular weight is 739 g/mol. The summed E-state index contributed by atoms with van der Waals surface area (Å²) in [7, 11) is 0.